The predicted octanol–water partition coefficient (Wildman–Crippen LogP) is 2.54. The Morgan fingerprint density at radius 3 is 2.52 bits per heavy atom. The SMILES string of the molecule is CC(CCS)CCN1C(=O)c2ccc([N+](=O)[O-])cc2C1=O. The molecule has 1 aliphatic rings. The predicted molar refractivity (Wildman–Crippen MR) is 80.7 cm³/mol. The standard InChI is InChI=1S/C14H16N2O4S/c1-9(5-7-21)4-6-15-13(17)11-3-2-10(16(19)20)8-12(11)14(15)18/h2-3,8-9,21H,4-7H2,1H3. The van der Waals surface area contributed by atoms with E-state index in [1.807, 2.05) is 6.92 Å². The van der Waals surface area contributed by atoms with Gasteiger partial charge in [-0.1, -0.05) is 6.92 Å². The molecule has 112 valence electrons. The van der Waals surface area contributed by atoms with Gasteiger partial charge >= 0.3 is 0 Å². The number of rotatable bonds is 6. The van der Waals surface area contributed by atoms with Gasteiger partial charge in [-0.3, -0.25) is 24.6 Å². The van der Waals surface area contributed by atoms with Crippen LogP contribution in [0.5, 0.6) is 0 Å². The van der Waals surface area contributed by atoms with Crippen molar-refractivity contribution in [3.05, 3.63) is 39.4 Å². The number of nitrogens with zero attached hydrogens (tertiary/aromatic N) is 2. The number of nitro benzene ring substituents is 1. The zero-order valence-corrected chi connectivity index (χ0v) is 12.5. The van der Waals surface area contributed by atoms with Crippen LogP contribution >= 0.6 is 12.6 Å². The van der Waals surface area contributed by atoms with Gasteiger partial charge in [-0.15, -0.1) is 0 Å². The van der Waals surface area contributed by atoms with Crippen molar-refractivity contribution in [1.29, 1.82) is 0 Å². The molecule has 0 N–H and O–H groups in total. The molecule has 1 aromatic carbocycles. The van der Waals surface area contributed by atoms with Gasteiger partial charge in [0.25, 0.3) is 17.5 Å². The van der Waals surface area contributed by atoms with E-state index in [9.17, 15) is 19.7 Å². The molecule has 0 saturated heterocycles. The zero-order valence-electron chi connectivity index (χ0n) is 11.6. The Kier molecular flexibility index (Phi) is 4.62. The molecule has 0 fully saturated rings. The number of hydrogen-bond donors (Lipinski definition) is 1. The molecule has 1 atom stereocenters. The van der Waals surface area contributed by atoms with Crippen molar-refractivity contribution >= 4 is 30.1 Å². The molecule has 0 saturated carbocycles. The number of non-ortho nitro benzene ring substituents is 1. The summed E-state index contributed by atoms with van der Waals surface area (Å²) >= 11 is 4.16. The van der Waals surface area contributed by atoms with Gasteiger partial charge in [0.1, 0.15) is 0 Å². The monoisotopic (exact) mass is 308 g/mol. The summed E-state index contributed by atoms with van der Waals surface area (Å²) in [6, 6.07) is 3.77. The van der Waals surface area contributed by atoms with E-state index >= 15 is 0 Å². The van der Waals surface area contributed by atoms with Crippen LogP contribution in [-0.2, 0) is 0 Å². The smallest absolute Gasteiger partial charge is 0.270 e. The Labute approximate surface area is 127 Å². The lowest BCUT2D eigenvalue weighted by Gasteiger charge is -2.16. The van der Waals surface area contributed by atoms with E-state index in [2.05, 4.69) is 12.6 Å². The highest BCUT2D eigenvalue weighted by atomic mass is 32.1. The van der Waals surface area contributed by atoms with Crippen LogP contribution in [-0.4, -0.2) is 33.9 Å². The summed E-state index contributed by atoms with van der Waals surface area (Å²) in [5.74, 6) is 0.302. The highest BCUT2D eigenvalue weighted by Crippen LogP contribution is 2.27. The molecular weight excluding hydrogens is 292 g/mol. The van der Waals surface area contributed by atoms with Gasteiger partial charge in [0.2, 0.25) is 0 Å². The summed E-state index contributed by atoms with van der Waals surface area (Å²) < 4.78 is 0. The third-order valence-electron chi connectivity index (χ3n) is 3.63. The normalized spacial score (nSPS) is 15.2. The average molecular weight is 308 g/mol. The van der Waals surface area contributed by atoms with Crippen LogP contribution < -0.4 is 0 Å². The minimum absolute atomic E-state index is 0.121. The summed E-state index contributed by atoms with van der Waals surface area (Å²) in [4.78, 5) is 35.7. The Bertz CT molecular complexity index is 603. The van der Waals surface area contributed by atoms with Gasteiger partial charge in [-0.05, 0) is 30.6 Å². The average Bonchev–Trinajstić information content (AvgIpc) is 2.69. The minimum atomic E-state index is -0.574. The lowest BCUT2D eigenvalue weighted by molar-refractivity contribution is -0.384. The summed E-state index contributed by atoms with van der Waals surface area (Å²) in [5, 5.41) is 10.7. The van der Waals surface area contributed by atoms with E-state index in [-0.39, 0.29) is 22.7 Å². The van der Waals surface area contributed by atoms with E-state index < -0.39 is 10.8 Å². The molecule has 6 nitrogen and oxygen atoms in total. The molecule has 2 rings (SSSR count). The molecule has 1 heterocycles. The maximum atomic E-state index is 12.2. The Morgan fingerprint density at radius 1 is 1.24 bits per heavy atom. The van der Waals surface area contributed by atoms with E-state index in [0.29, 0.717) is 18.9 Å². The minimum Gasteiger partial charge on any atom is -0.274 e. The molecule has 2 amide bonds. The number of carbonyl (C=O) groups excluding carboxylic acids is 2. The molecule has 1 aromatic rings. The zero-order chi connectivity index (χ0) is 15.6. The molecule has 0 spiro atoms. The van der Waals surface area contributed by atoms with Crippen LogP contribution in [0.4, 0.5) is 5.69 Å². The van der Waals surface area contributed by atoms with E-state index in [1.165, 1.54) is 23.1 Å². The molecule has 7 heteroatoms. The second-order valence-corrected chi connectivity index (χ2v) is 5.60. The fourth-order valence-corrected chi connectivity index (χ4v) is 2.75. The summed E-state index contributed by atoms with van der Waals surface area (Å²) in [7, 11) is 0. The van der Waals surface area contributed by atoms with Gasteiger partial charge in [-0.2, -0.15) is 12.6 Å². The van der Waals surface area contributed by atoms with Crippen molar-refractivity contribution in [2.24, 2.45) is 5.92 Å². The van der Waals surface area contributed by atoms with Gasteiger partial charge < -0.3 is 0 Å². The van der Waals surface area contributed by atoms with E-state index in [4.69, 9.17) is 0 Å². The maximum absolute atomic E-state index is 12.2. The van der Waals surface area contributed by atoms with Gasteiger partial charge in [0.05, 0.1) is 16.1 Å². The van der Waals surface area contributed by atoms with Crippen LogP contribution in [0, 0.1) is 16.0 Å². The first-order valence-corrected chi connectivity index (χ1v) is 7.34. The van der Waals surface area contributed by atoms with Crippen LogP contribution in [0.2, 0.25) is 0 Å². The summed E-state index contributed by atoms with van der Waals surface area (Å²) in [6.07, 6.45) is 1.62. The van der Waals surface area contributed by atoms with E-state index in [1.54, 1.807) is 0 Å². The van der Waals surface area contributed by atoms with E-state index in [0.717, 1.165) is 12.2 Å². The number of carbonyl (C=O) groups is 2. The third kappa shape index (κ3) is 3.07. The van der Waals surface area contributed by atoms with Crippen LogP contribution in [0.3, 0.4) is 0 Å². The molecule has 1 unspecified atom stereocenters. The number of hydrogen-bond acceptors (Lipinski definition) is 5. The van der Waals surface area contributed by atoms with Crippen molar-refractivity contribution in [1.82, 2.24) is 4.90 Å². The molecule has 0 aromatic heterocycles. The highest BCUT2D eigenvalue weighted by molar-refractivity contribution is 7.80. The molecule has 1 aliphatic heterocycles. The summed E-state index contributed by atoms with van der Waals surface area (Å²) in [6.45, 7) is 2.37. The van der Waals surface area contributed by atoms with Gasteiger partial charge in [0.15, 0.2) is 0 Å². The largest absolute Gasteiger partial charge is 0.274 e. The Morgan fingerprint density at radius 2 is 1.90 bits per heavy atom. The maximum Gasteiger partial charge on any atom is 0.270 e. The number of imide groups is 1. The van der Waals surface area contributed by atoms with Crippen LogP contribution in [0.1, 0.15) is 40.5 Å². The lowest BCUT2D eigenvalue weighted by Crippen LogP contribution is -2.31. The highest BCUT2D eigenvalue weighted by Gasteiger charge is 2.36. The lowest BCUT2D eigenvalue weighted by atomic mass is 10.1. The molecule has 0 aliphatic carbocycles. The quantitative estimate of drug-likeness (QED) is 0.379. The van der Waals surface area contributed by atoms with Crippen LogP contribution in [0.25, 0.3) is 0 Å². The number of nitro groups is 1. The second kappa shape index (κ2) is 6.26. The van der Waals surface area contributed by atoms with Crippen molar-refractivity contribution < 1.29 is 14.5 Å². The Hall–Kier alpha value is -1.89. The third-order valence-corrected chi connectivity index (χ3v) is 3.89. The second-order valence-electron chi connectivity index (χ2n) is 5.16. The van der Waals surface area contributed by atoms with Crippen LogP contribution in [0.15, 0.2) is 18.2 Å². The number of thiol groups is 1. The first kappa shape index (κ1) is 15.5. The molecule has 21 heavy (non-hydrogen) atoms. The molecule has 0 radical (unpaired) electrons. The van der Waals surface area contributed by atoms with Crippen molar-refractivity contribution in [2.45, 2.75) is 19.8 Å². The molecular formula is C14H16N2O4S. The summed E-state index contributed by atoms with van der Waals surface area (Å²) in [5.41, 5.74) is 0.184. The van der Waals surface area contributed by atoms with Gasteiger partial charge in [-0.25, -0.2) is 0 Å². The number of benzene rings is 1. The van der Waals surface area contributed by atoms with Gasteiger partial charge in [0, 0.05) is 18.7 Å². The fourth-order valence-electron chi connectivity index (χ4n) is 2.31. The first-order valence-electron chi connectivity index (χ1n) is 6.71. The first-order chi connectivity index (χ1) is 9.95. The fraction of sp³-hybridized carbons (Fsp3) is 0.429. The van der Waals surface area contributed by atoms with Crippen molar-refractivity contribution in [3.8, 4) is 0 Å². The number of fused-ring (bicyclic) bond motifs is 1. The van der Waals surface area contributed by atoms with Crippen molar-refractivity contribution in [3.63, 3.8) is 0 Å². The van der Waals surface area contributed by atoms with Crippen molar-refractivity contribution in [2.75, 3.05) is 12.3 Å². The topological polar surface area (TPSA) is 80.5 Å². The Balaban J connectivity index is 2.16. The molecule has 0 bridgehead atoms. The number of amides is 2.